The molecule has 0 spiro atoms. The van der Waals surface area contributed by atoms with E-state index in [4.69, 9.17) is 16.0 Å². The first-order valence-electron chi connectivity index (χ1n) is 7.80. The van der Waals surface area contributed by atoms with Gasteiger partial charge in [0, 0.05) is 5.02 Å². The minimum absolute atomic E-state index is 0.142. The van der Waals surface area contributed by atoms with E-state index in [1.807, 2.05) is 0 Å². The van der Waals surface area contributed by atoms with E-state index < -0.39 is 5.91 Å². The molecule has 1 aromatic carbocycles. The largest absolute Gasteiger partial charge is 0.467 e. The SMILES string of the molecule is Cc1nn(-c2cccc(Cl)c2)nc1C(=O)NCC(=O)NCc1ccco1. The van der Waals surface area contributed by atoms with E-state index in [0.29, 0.717) is 22.2 Å². The average molecular weight is 374 g/mol. The van der Waals surface area contributed by atoms with Gasteiger partial charge in [-0.05, 0) is 37.3 Å². The molecule has 8 nitrogen and oxygen atoms in total. The van der Waals surface area contributed by atoms with Crippen molar-refractivity contribution < 1.29 is 14.0 Å². The van der Waals surface area contributed by atoms with Crippen LogP contribution in [0.15, 0.2) is 47.1 Å². The van der Waals surface area contributed by atoms with Gasteiger partial charge in [0.05, 0.1) is 30.7 Å². The first-order chi connectivity index (χ1) is 12.5. The van der Waals surface area contributed by atoms with Crippen LogP contribution in [0.25, 0.3) is 5.69 Å². The molecule has 0 fully saturated rings. The Balaban J connectivity index is 1.58. The van der Waals surface area contributed by atoms with Crippen molar-refractivity contribution in [1.29, 1.82) is 0 Å². The Morgan fingerprint density at radius 2 is 2.04 bits per heavy atom. The normalized spacial score (nSPS) is 10.5. The molecule has 2 N–H and O–H groups in total. The highest BCUT2D eigenvalue weighted by Gasteiger charge is 2.17. The summed E-state index contributed by atoms with van der Waals surface area (Å²) >= 11 is 5.96. The van der Waals surface area contributed by atoms with E-state index in [0.717, 1.165) is 0 Å². The van der Waals surface area contributed by atoms with Crippen LogP contribution >= 0.6 is 11.6 Å². The van der Waals surface area contributed by atoms with Crippen LogP contribution < -0.4 is 10.6 Å². The van der Waals surface area contributed by atoms with Crippen LogP contribution in [-0.4, -0.2) is 33.4 Å². The van der Waals surface area contributed by atoms with E-state index >= 15 is 0 Å². The molecular formula is C17H16ClN5O3. The molecule has 26 heavy (non-hydrogen) atoms. The third-order valence-electron chi connectivity index (χ3n) is 3.49. The molecule has 2 amide bonds. The summed E-state index contributed by atoms with van der Waals surface area (Å²) in [6, 6.07) is 10.4. The fourth-order valence-corrected chi connectivity index (χ4v) is 2.39. The Morgan fingerprint density at radius 1 is 1.19 bits per heavy atom. The van der Waals surface area contributed by atoms with E-state index in [1.54, 1.807) is 43.3 Å². The number of hydrogen-bond acceptors (Lipinski definition) is 5. The molecule has 2 aromatic heterocycles. The number of rotatable bonds is 6. The number of benzene rings is 1. The van der Waals surface area contributed by atoms with Gasteiger partial charge in [0.1, 0.15) is 5.76 Å². The summed E-state index contributed by atoms with van der Waals surface area (Å²) in [5.41, 5.74) is 1.22. The van der Waals surface area contributed by atoms with Gasteiger partial charge in [-0.1, -0.05) is 17.7 Å². The molecular weight excluding hydrogens is 358 g/mol. The lowest BCUT2D eigenvalue weighted by molar-refractivity contribution is -0.120. The van der Waals surface area contributed by atoms with Crippen LogP contribution in [0.1, 0.15) is 21.9 Å². The van der Waals surface area contributed by atoms with Crippen LogP contribution in [-0.2, 0) is 11.3 Å². The van der Waals surface area contributed by atoms with Gasteiger partial charge in [-0.15, -0.1) is 5.10 Å². The molecule has 2 heterocycles. The molecule has 0 atom stereocenters. The van der Waals surface area contributed by atoms with Crippen LogP contribution in [0.2, 0.25) is 5.02 Å². The fraction of sp³-hybridized carbons (Fsp3) is 0.176. The minimum atomic E-state index is -0.482. The lowest BCUT2D eigenvalue weighted by Crippen LogP contribution is -2.37. The van der Waals surface area contributed by atoms with Gasteiger partial charge in [-0.2, -0.15) is 9.90 Å². The zero-order valence-corrected chi connectivity index (χ0v) is 14.7. The molecule has 0 saturated heterocycles. The van der Waals surface area contributed by atoms with Crippen LogP contribution in [0.4, 0.5) is 0 Å². The smallest absolute Gasteiger partial charge is 0.274 e. The molecule has 0 aliphatic rings. The third-order valence-corrected chi connectivity index (χ3v) is 3.72. The molecule has 3 aromatic rings. The first-order valence-corrected chi connectivity index (χ1v) is 8.18. The quantitative estimate of drug-likeness (QED) is 0.686. The van der Waals surface area contributed by atoms with Crippen LogP contribution in [0.3, 0.4) is 0 Å². The second-order valence-electron chi connectivity index (χ2n) is 5.44. The van der Waals surface area contributed by atoms with Gasteiger partial charge in [0.2, 0.25) is 5.91 Å². The van der Waals surface area contributed by atoms with Gasteiger partial charge < -0.3 is 15.1 Å². The summed E-state index contributed by atoms with van der Waals surface area (Å²) in [4.78, 5) is 25.4. The number of carbonyl (C=O) groups excluding carboxylic acids is 2. The number of aromatic nitrogens is 3. The number of nitrogens with zero attached hydrogens (tertiary/aromatic N) is 3. The van der Waals surface area contributed by atoms with E-state index in [-0.39, 0.29) is 24.7 Å². The van der Waals surface area contributed by atoms with E-state index in [9.17, 15) is 9.59 Å². The van der Waals surface area contributed by atoms with Gasteiger partial charge >= 0.3 is 0 Å². The summed E-state index contributed by atoms with van der Waals surface area (Å²) < 4.78 is 5.12. The number of aryl methyl sites for hydroxylation is 1. The van der Waals surface area contributed by atoms with Crippen molar-refractivity contribution in [3.8, 4) is 5.69 Å². The zero-order valence-electron chi connectivity index (χ0n) is 13.9. The van der Waals surface area contributed by atoms with Crippen molar-refractivity contribution in [1.82, 2.24) is 25.6 Å². The summed E-state index contributed by atoms with van der Waals surface area (Å²) in [6.07, 6.45) is 1.52. The summed E-state index contributed by atoms with van der Waals surface area (Å²) in [5.74, 6) is -0.191. The Hall–Kier alpha value is -3.13. The highest BCUT2D eigenvalue weighted by atomic mass is 35.5. The molecule has 0 radical (unpaired) electrons. The number of carbonyl (C=O) groups is 2. The third kappa shape index (κ3) is 4.28. The van der Waals surface area contributed by atoms with Gasteiger partial charge in [-0.3, -0.25) is 9.59 Å². The maximum Gasteiger partial charge on any atom is 0.274 e. The van der Waals surface area contributed by atoms with Crippen molar-refractivity contribution in [2.24, 2.45) is 0 Å². The molecule has 0 unspecified atom stereocenters. The maximum absolute atomic E-state index is 12.3. The topological polar surface area (TPSA) is 102 Å². The Morgan fingerprint density at radius 3 is 2.77 bits per heavy atom. The van der Waals surface area contributed by atoms with E-state index in [2.05, 4.69) is 20.8 Å². The zero-order chi connectivity index (χ0) is 18.5. The summed E-state index contributed by atoms with van der Waals surface area (Å²) in [5, 5.41) is 14.1. The molecule has 0 aliphatic carbocycles. The molecule has 3 rings (SSSR count). The predicted molar refractivity (Wildman–Crippen MR) is 94.0 cm³/mol. The van der Waals surface area contributed by atoms with Gasteiger partial charge in [0.25, 0.3) is 5.91 Å². The van der Waals surface area contributed by atoms with Gasteiger partial charge in [0.15, 0.2) is 5.69 Å². The molecule has 9 heteroatoms. The molecule has 0 aliphatic heterocycles. The van der Waals surface area contributed by atoms with Crippen LogP contribution in [0.5, 0.6) is 0 Å². The highest BCUT2D eigenvalue weighted by molar-refractivity contribution is 6.30. The maximum atomic E-state index is 12.3. The van der Waals surface area contributed by atoms with Crippen LogP contribution in [0, 0.1) is 6.92 Å². The van der Waals surface area contributed by atoms with Crippen molar-refractivity contribution in [3.63, 3.8) is 0 Å². The second-order valence-corrected chi connectivity index (χ2v) is 5.88. The Labute approximate surface area is 154 Å². The molecule has 134 valence electrons. The number of hydrogen-bond donors (Lipinski definition) is 2. The number of amides is 2. The predicted octanol–water partition coefficient (Wildman–Crippen LogP) is 1.87. The number of nitrogens with one attached hydrogen (secondary N) is 2. The number of halogens is 1. The van der Waals surface area contributed by atoms with Crippen molar-refractivity contribution in [2.75, 3.05) is 6.54 Å². The summed E-state index contributed by atoms with van der Waals surface area (Å²) in [7, 11) is 0. The monoisotopic (exact) mass is 373 g/mol. The van der Waals surface area contributed by atoms with Gasteiger partial charge in [-0.25, -0.2) is 0 Å². The van der Waals surface area contributed by atoms with Crippen molar-refractivity contribution in [2.45, 2.75) is 13.5 Å². The second kappa shape index (κ2) is 7.83. The lowest BCUT2D eigenvalue weighted by Gasteiger charge is -2.04. The van der Waals surface area contributed by atoms with Crippen molar-refractivity contribution >= 4 is 23.4 Å². The van der Waals surface area contributed by atoms with Crippen molar-refractivity contribution in [3.05, 3.63) is 64.8 Å². The Bertz CT molecular complexity index is 920. The fourth-order valence-electron chi connectivity index (χ4n) is 2.21. The first kappa shape index (κ1) is 17.7. The molecule has 0 saturated carbocycles. The minimum Gasteiger partial charge on any atom is -0.467 e. The lowest BCUT2D eigenvalue weighted by atomic mass is 10.3. The van der Waals surface area contributed by atoms with E-state index in [1.165, 1.54) is 11.1 Å². The highest BCUT2D eigenvalue weighted by Crippen LogP contribution is 2.14. The number of furan rings is 1. The standard InChI is InChI=1S/C17H16ClN5O3/c1-11-16(22-23(21-11)13-5-2-4-12(18)8-13)17(25)20-10-15(24)19-9-14-6-3-7-26-14/h2-8H,9-10H2,1H3,(H,19,24)(H,20,25). The summed E-state index contributed by atoms with van der Waals surface area (Å²) in [6.45, 7) is 1.74. The molecule has 0 bridgehead atoms. The Kier molecular flexibility index (Phi) is 5.33. The average Bonchev–Trinajstić information content (AvgIpc) is 3.27.